The molecule has 0 bridgehead atoms. The van der Waals surface area contributed by atoms with E-state index in [1.54, 1.807) is 52.3 Å². The van der Waals surface area contributed by atoms with Gasteiger partial charge in [0.05, 0.1) is 26.4 Å². The summed E-state index contributed by atoms with van der Waals surface area (Å²) >= 11 is 0. The average molecular weight is 445 g/mol. The summed E-state index contributed by atoms with van der Waals surface area (Å²) in [6, 6.07) is 15.8. The molecule has 2 N–H and O–H groups in total. The molecule has 32 heavy (non-hydrogen) atoms. The van der Waals surface area contributed by atoms with E-state index < -0.39 is 11.2 Å². The Bertz CT molecular complexity index is 804. The quantitative estimate of drug-likeness (QED) is 0.606. The zero-order valence-electron chi connectivity index (χ0n) is 20.0. The van der Waals surface area contributed by atoms with Gasteiger partial charge in [-0.25, -0.2) is 0 Å². The zero-order chi connectivity index (χ0) is 23.6. The molecule has 2 aliphatic heterocycles. The Morgan fingerprint density at radius 3 is 1.22 bits per heavy atom. The molecule has 4 rings (SSSR count). The van der Waals surface area contributed by atoms with Gasteiger partial charge in [0.2, 0.25) is 0 Å². The molecule has 0 amide bonds. The molecule has 0 spiro atoms. The first-order valence-electron chi connectivity index (χ1n) is 10.9. The van der Waals surface area contributed by atoms with Crippen molar-refractivity contribution in [1.82, 2.24) is 0 Å². The topological polar surface area (TPSA) is 84.0 Å². The fraction of sp³-hybridized carbons (Fsp3) is 0.538. The summed E-state index contributed by atoms with van der Waals surface area (Å²) in [5.41, 5.74) is 1.97. The molecule has 2 aromatic carbocycles. The maximum absolute atomic E-state index is 10.2. The number of epoxide rings is 2. The van der Waals surface area contributed by atoms with Crippen molar-refractivity contribution in [3.05, 3.63) is 70.8 Å². The number of hydrogen-bond acceptors (Lipinski definition) is 6. The second kappa shape index (κ2) is 9.21. The Hall–Kier alpha value is -1.80. The van der Waals surface area contributed by atoms with Crippen LogP contribution in [0.4, 0.5) is 0 Å². The molecule has 4 atom stereocenters. The second-order valence-electron chi connectivity index (χ2n) is 9.61. The molecular weight excluding hydrogens is 408 g/mol. The van der Waals surface area contributed by atoms with E-state index in [9.17, 15) is 10.2 Å². The molecule has 6 nitrogen and oxygen atoms in total. The van der Waals surface area contributed by atoms with E-state index in [-0.39, 0.29) is 24.4 Å². The molecule has 176 valence electrons. The normalized spacial score (nSPS) is 27.5. The molecule has 2 aliphatic rings. The minimum atomic E-state index is -1.03. The van der Waals surface area contributed by atoms with Crippen LogP contribution in [0.5, 0.6) is 0 Å². The fourth-order valence-electron chi connectivity index (χ4n) is 3.64. The van der Waals surface area contributed by atoms with Gasteiger partial charge >= 0.3 is 0 Å². The van der Waals surface area contributed by atoms with Crippen LogP contribution in [0.1, 0.15) is 49.9 Å². The number of benzene rings is 2. The van der Waals surface area contributed by atoms with Crippen molar-refractivity contribution >= 4 is 0 Å². The first-order valence-corrected chi connectivity index (χ1v) is 10.9. The highest BCUT2D eigenvalue weighted by Crippen LogP contribution is 2.41. The first kappa shape index (κ1) is 24.8. The van der Waals surface area contributed by atoms with Gasteiger partial charge in [-0.3, -0.25) is 0 Å². The van der Waals surface area contributed by atoms with E-state index in [0.29, 0.717) is 0 Å². The minimum absolute atomic E-state index is 0.0101. The van der Waals surface area contributed by atoms with E-state index in [0.717, 1.165) is 24.3 Å². The summed E-state index contributed by atoms with van der Waals surface area (Å²) in [6.45, 7) is 9.77. The van der Waals surface area contributed by atoms with E-state index in [1.807, 2.05) is 0 Å². The third-order valence-corrected chi connectivity index (χ3v) is 6.24. The summed E-state index contributed by atoms with van der Waals surface area (Å²) in [6.07, 6.45) is 0. The third-order valence-electron chi connectivity index (χ3n) is 6.24. The molecule has 2 aromatic rings. The molecule has 2 heterocycles. The van der Waals surface area contributed by atoms with Gasteiger partial charge in [0.1, 0.15) is 22.4 Å². The summed E-state index contributed by atoms with van der Waals surface area (Å²) in [5, 5.41) is 20.3. The molecule has 0 aliphatic carbocycles. The lowest BCUT2D eigenvalue weighted by Gasteiger charge is -2.26. The lowest BCUT2D eigenvalue weighted by atomic mass is 9.91. The Morgan fingerprint density at radius 1 is 0.719 bits per heavy atom. The molecule has 2 saturated heterocycles. The average Bonchev–Trinajstić information content (AvgIpc) is 3.68. The monoisotopic (exact) mass is 444 g/mol. The highest BCUT2D eigenvalue weighted by Gasteiger charge is 2.43. The number of hydrogen-bond donors (Lipinski definition) is 2. The lowest BCUT2D eigenvalue weighted by molar-refractivity contribution is -0.0235. The summed E-state index contributed by atoms with van der Waals surface area (Å²) < 4.78 is 20.7. The van der Waals surface area contributed by atoms with Gasteiger partial charge in [-0.2, -0.15) is 0 Å². The summed E-state index contributed by atoms with van der Waals surface area (Å²) in [4.78, 5) is 0. The highest BCUT2D eigenvalue weighted by atomic mass is 16.6. The van der Waals surface area contributed by atoms with Crippen molar-refractivity contribution < 1.29 is 29.2 Å². The second-order valence-corrected chi connectivity index (χ2v) is 9.61. The molecule has 0 radical (unpaired) electrons. The molecule has 6 heteroatoms. The number of rotatable bonds is 8. The first-order chi connectivity index (χ1) is 15.0. The Kier molecular flexibility index (Phi) is 7.15. The molecule has 2 fully saturated rings. The van der Waals surface area contributed by atoms with Crippen LogP contribution < -0.4 is 0 Å². The van der Waals surface area contributed by atoms with Gasteiger partial charge in [-0.15, -0.1) is 0 Å². The van der Waals surface area contributed by atoms with Gasteiger partial charge in [0, 0.05) is 14.2 Å². The van der Waals surface area contributed by atoms with Crippen LogP contribution in [0.2, 0.25) is 0 Å². The van der Waals surface area contributed by atoms with Crippen LogP contribution in [0, 0.1) is 0 Å². The maximum atomic E-state index is 10.2. The van der Waals surface area contributed by atoms with Crippen LogP contribution in [0.15, 0.2) is 48.5 Å². The van der Waals surface area contributed by atoms with Gasteiger partial charge in [0.25, 0.3) is 0 Å². The lowest BCUT2D eigenvalue weighted by Crippen LogP contribution is -2.29. The summed E-state index contributed by atoms with van der Waals surface area (Å²) in [7, 11) is 3.10. The molecular formula is C26H36O6. The molecule has 0 aromatic heterocycles. The van der Waals surface area contributed by atoms with Crippen LogP contribution in [-0.2, 0) is 41.4 Å². The zero-order valence-corrected chi connectivity index (χ0v) is 20.0. The van der Waals surface area contributed by atoms with Gasteiger partial charge in [-0.1, -0.05) is 48.5 Å². The number of methoxy groups -OCH3 is 2. The highest BCUT2D eigenvalue weighted by molar-refractivity contribution is 5.34. The third kappa shape index (κ3) is 5.76. The molecule has 4 unspecified atom stereocenters. The van der Waals surface area contributed by atoms with Gasteiger partial charge < -0.3 is 29.2 Å². The van der Waals surface area contributed by atoms with Crippen molar-refractivity contribution in [2.75, 3.05) is 40.6 Å². The van der Waals surface area contributed by atoms with Crippen LogP contribution in [0.3, 0.4) is 0 Å². The smallest absolute Gasteiger partial charge is 0.114 e. The Labute approximate surface area is 191 Å². The fourth-order valence-corrected chi connectivity index (χ4v) is 3.64. The van der Waals surface area contributed by atoms with Crippen molar-refractivity contribution in [2.24, 2.45) is 0 Å². The number of aliphatic hydroxyl groups is 2. The molecule has 0 saturated carbocycles. The van der Waals surface area contributed by atoms with E-state index in [1.165, 1.54) is 11.1 Å². The summed E-state index contributed by atoms with van der Waals surface area (Å²) in [5.74, 6) is 0. The van der Waals surface area contributed by atoms with Crippen LogP contribution in [0.25, 0.3) is 0 Å². The predicted molar refractivity (Wildman–Crippen MR) is 122 cm³/mol. The van der Waals surface area contributed by atoms with Crippen molar-refractivity contribution in [3.8, 4) is 0 Å². The number of ether oxygens (including phenoxy) is 4. The largest absolute Gasteiger partial charge is 0.383 e. The van der Waals surface area contributed by atoms with E-state index in [2.05, 4.69) is 38.1 Å². The van der Waals surface area contributed by atoms with Gasteiger partial charge in [0.15, 0.2) is 0 Å². The van der Waals surface area contributed by atoms with Crippen molar-refractivity contribution in [3.63, 3.8) is 0 Å². The van der Waals surface area contributed by atoms with Crippen LogP contribution >= 0.6 is 0 Å². The van der Waals surface area contributed by atoms with Crippen molar-refractivity contribution in [1.29, 1.82) is 0 Å². The maximum Gasteiger partial charge on any atom is 0.114 e. The Balaban J connectivity index is 0.000000185. The van der Waals surface area contributed by atoms with Gasteiger partial charge in [-0.05, 0) is 49.9 Å². The van der Waals surface area contributed by atoms with Crippen molar-refractivity contribution in [2.45, 2.75) is 50.1 Å². The predicted octanol–water partition coefficient (Wildman–Crippen LogP) is 3.57. The van der Waals surface area contributed by atoms with Crippen LogP contribution in [-0.4, -0.2) is 50.9 Å². The Morgan fingerprint density at radius 2 is 1.00 bits per heavy atom. The van der Waals surface area contributed by atoms with E-state index >= 15 is 0 Å². The van der Waals surface area contributed by atoms with E-state index in [4.69, 9.17) is 18.9 Å². The standard InChI is InChI=1S/C14H22O4.C12H14O2/c1-13(15,9-17-3)11-5-7-12(8-6-11)14(2,16)10-18-4;1-11(7-13-11)9-3-5-10(6-4-9)12(2)8-14-12/h5-8,15-16H,9-10H2,1-4H3;3-6H,7-8H2,1-2H3. The SMILES string of the molecule is CC1(c2ccc(C3(C)CO3)cc2)CO1.COCC(C)(O)c1ccc(C(C)(O)COC)cc1. The minimum Gasteiger partial charge on any atom is -0.383 e.